The van der Waals surface area contributed by atoms with Crippen molar-refractivity contribution in [2.24, 2.45) is 5.92 Å². The molecule has 0 radical (unpaired) electrons. The lowest BCUT2D eigenvalue weighted by molar-refractivity contribution is 0.0457. The molecular formula is C24H37FN2O3. The van der Waals surface area contributed by atoms with Crippen LogP contribution in [0, 0.1) is 11.7 Å². The van der Waals surface area contributed by atoms with Crippen LogP contribution in [0.1, 0.15) is 65.7 Å². The molecule has 5 nitrogen and oxygen atoms in total. The highest BCUT2D eigenvalue weighted by atomic mass is 19.1. The summed E-state index contributed by atoms with van der Waals surface area (Å²) in [6.45, 7) is 8.78. The molecule has 0 unspecified atom stereocenters. The zero-order valence-corrected chi connectivity index (χ0v) is 18.7. The van der Waals surface area contributed by atoms with Gasteiger partial charge in [-0.3, -0.25) is 0 Å². The maximum Gasteiger partial charge on any atom is 0.407 e. The van der Waals surface area contributed by atoms with Gasteiger partial charge < -0.3 is 19.7 Å². The molecule has 2 fully saturated rings. The molecule has 1 amide bonds. The van der Waals surface area contributed by atoms with Gasteiger partial charge in [0.2, 0.25) is 0 Å². The third-order valence-corrected chi connectivity index (χ3v) is 6.08. The standard InChI is InChI=1S/C24H37FN2O3/c1-24(2,3)30-23(28)26-22-7-5-4-6-18(22)12-15-27-16-13-21(14-17-27)29-20-10-8-19(25)9-11-20/h8-11,18,21-22H,4-7,12-17H2,1-3H3,(H,26,28)/t18-,22+/m0/s1. The molecule has 1 aromatic rings. The van der Waals surface area contributed by atoms with Gasteiger partial charge in [0, 0.05) is 19.1 Å². The van der Waals surface area contributed by atoms with Crippen molar-refractivity contribution in [1.82, 2.24) is 10.2 Å². The van der Waals surface area contributed by atoms with Crippen molar-refractivity contribution < 1.29 is 18.7 Å². The first kappa shape index (κ1) is 22.9. The van der Waals surface area contributed by atoms with Gasteiger partial charge in [-0.05, 0) is 89.6 Å². The van der Waals surface area contributed by atoms with Gasteiger partial charge in [-0.2, -0.15) is 0 Å². The summed E-state index contributed by atoms with van der Waals surface area (Å²) < 4.78 is 24.5. The first-order valence-corrected chi connectivity index (χ1v) is 11.4. The fourth-order valence-corrected chi connectivity index (χ4v) is 4.51. The average molecular weight is 421 g/mol. The first-order chi connectivity index (χ1) is 14.3. The summed E-state index contributed by atoms with van der Waals surface area (Å²) >= 11 is 0. The average Bonchev–Trinajstić information content (AvgIpc) is 2.69. The number of nitrogens with zero attached hydrogens (tertiary/aromatic N) is 1. The Labute approximate surface area is 180 Å². The zero-order valence-electron chi connectivity index (χ0n) is 18.7. The smallest absolute Gasteiger partial charge is 0.407 e. The molecule has 2 atom stereocenters. The fraction of sp³-hybridized carbons (Fsp3) is 0.708. The van der Waals surface area contributed by atoms with E-state index in [0.717, 1.165) is 51.1 Å². The number of ether oxygens (including phenoxy) is 2. The minimum Gasteiger partial charge on any atom is -0.490 e. The minimum absolute atomic E-state index is 0.197. The molecule has 168 valence electrons. The van der Waals surface area contributed by atoms with Gasteiger partial charge in [0.1, 0.15) is 23.3 Å². The number of hydrogen-bond donors (Lipinski definition) is 1. The summed E-state index contributed by atoms with van der Waals surface area (Å²) in [5.74, 6) is 1.02. The van der Waals surface area contributed by atoms with Crippen molar-refractivity contribution in [2.75, 3.05) is 19.6 Å². The van der Waals surface area contributed by atoms with Crippen LogP contribution in [0.15, 0.2) is 24.3 Å². The Morgan fingerprint density at radius 2 is 1.77 bits per heavy atom. The van der Waals surface area contributed by atoms with Crippen molar-refractivity contribution in [1.29, 1.82) is 0 Å². The number of amides is 1. The third-order valence-electron chi connectivity index (χ3n) is 6.08. The Balaban J connectivity index is 1.40. The maximum absolute atomic E-state index is 13.0. The largest absolute Gasteiger partial charge is 0.490 e. The van der Waals surface area contributed by atoms with Crippen LogP contribution in [-0.4, -0.2) is 48.4 Å². The zero-order chi connectivity index (χ0) is 21.6. The number of carbonyl (C=O) groups excluding carboxylic acids is 1. The Kier molecular flexibility index (Phi) is 7.98. The number of rotatable bonds is 6. The predicted octanol–water partition coefficient (Wildman–Crippen LogP) is 5.14. The van der Waals surface area contributed by atoms with Crippen molar-refractivity contribution >= 4 is 6.09 Å². The van der Waals surface area contributed by atoms with Crippen molar-refractivity contribution in [3.63, 3.8) is 0 Å². The number of hydrogen-bond acceptors (Lipinski definition) is 4. The summed E-state index contributed by atoms with van der Waals surface area (Å²) in [6.07, 6.45) is 7.60. The lowest BCUT2D eigenvalue weighted by atomic mass is 9.82. The number of nitrogens with one attached hydrogen (secondary N) is 1. The number of carbonyl (C=O) groups is 1. The van der Waals surface area contributed by atoms with Crippen LogP contribution in [0.25, 0.3) is 0 Å². The van der Waals surface area contributed by atoms with Gasteiger partial charge in [-0.15, -0.1) is 0 Å². The van der Waals surface area contributed by atoms with E-state index in [-0.39, 0.29) is 24.1 Å². The van der Waals surface area contributed by atoms with Crippen LogP contribution in [0.3, 0.4) is 0 Å². The Morgan fingerprint density at radius 1 is 1.10 bits per heavy atom. The highest BCUT2D eigenvalue weighted by Crippen LogP contribution is 2.28. The van der Waals surface area contributed by atoms with E-state index < -0.39 is 5.60 Å². The molecule has 1 aromatic carbocycles. The van der Waals surface area contributed by atoms with E-state index in [1.54, 1.807) is 12.1 Å². The summed E-state index contributed by atoms with van der Waals surface area (Å²) in [7, 11) is 0. The van der Waals surface area contributed by atoms with Crippen LogP contribution in [0.5, 0.6) is 5.75 Å². The van der Waals surface area contributed by atoms with E-state index in [2.05, 4.69) is 10.2 Å². The quantitative estimate of drug-likeness (QED) is 0.692. The molecule has 30 heavy (non-hydrogen) atoms. The van der Waals surface area contributed by atoms with Gasteiger partial charge in [0.25, 0.3) is 0 Å². The van der Waals surface area contributed by atoms with E-state index >= 15 is 0 Å². The van der Waals surface area contributed by atoms with Gasteiger partial charge in [-0.1, -0.05) is 12.8 Å². The second-order valence-corrected chi connectivity index (χ2v) is 9.70. The van der Waals surface area contributed by atoms with Crippen LogP contribution in [-0.2, 0) is 4.74 Å². The first-order valence-electron chi connectivity index (χ1n) is 11.4. The molecule has 6 heteroatoms. The van der Waals surface area contributed by atoms with Crippen LogP contribution in [0.2, 0.25) is 0 Å². The molecular weight excluding hydrogens is 383 g/mol. The predicted molar refractivity (Wildman–Crippen MR) is 116 cm³/mol. The molecule has 1 saturated heterocycles. The number of benzene rings is 1. The van der Waals surface area contributed by atoms with E-state index in [0.29, 0.717) is 5.92 Å². The Morgan fingerprint density at radius 3 is 2.43 bits per heavy atom. The molecule has 1 aliphatic heterocycles. The summed E-state index contributed by atoms with van der Waals surface area (Å²) in [6, 6.07) is 6.49. The van der Waals surface area contributed by atoms with Gasteiger partial charge >= 0.3 is 6.09 Å². The van der Waals surface area contributed by atoms with E-state index in [1.165, 1.54) is 31.4 Å². The Hall–Kier alpha value is -1.82. The molecule has 3 rings (SSSR count). The molecule has 0 aromatic heterocycles. The molecule has 2 aliphatic rings. The maximum atomic E-state index is 13.0. The lowest BCUT2D eigenvalue weighted by Gasteiger charge is -2.36. The molecule has 0 bridgehead atoms. The fourth-order valence-electron chi connectivity index (χ4n) is 4.51. The van der Waals surface area contributed by atoms with Gasteiger partial charge in [-0.25, -0.2) is 9.18 Å². The van der Waals surface area contributed by atoms with Crippen molar-refractivity contribution in [3.05, 3.63) is 30.1 Å². The van der Waals surface area contributed by atoms with Crippen molar-refractivity contribution in [2.45, 2.75) is 83.5 Å². The van der Waals surface area contributed by atoms with Crippen LogP contribution in [0.4, 0.5) is 9.18 Å². The number of piperidine rings is 1. The van der Waals surface area contributed by atoms with E-state index in [1.807, 2.05) is 20.8 Å². The molecule has 1 saturated carbocycles. The summed E-state index contributed by atoms with van der Waals surface area (Å²) in [5.41, 5.74) is -0.464. The molecule has 0 spiro atoms. The van der Waals surface area contributed by atoms with Crippen LogP contribution >= 0.6 is 0 Å². The van der Waals surface area contributed by atoms with Crippen LogP contribution < -0.4 is 10.1 Å². The van der Waals surface area contributed by atoms with Gasteiger partial charge in [0.15, 0.2) is 0 Å². The Bertz CT molecular complexity index is 666. The second kappa shape index (κ2) is 10.5. The second-order valence-electron chi connectivity index (χ2n) is 9.70. The molecule has 1 N–H and O–H groups in total. The molecule has 1 heterocycles. The number of likely N-dealkylation sites (tertiary alicyclic amines) is 1. The third kappa shape index (κ3) is 7.46. The normalized spacial score (nSPS) is 23.7. The minimum atomic E-state index is -0.464. The molecule has 1 aliphatic carbocycles. The lowest BCUT2D eigenvalue weighted by Crippen LogP contribution is -2.46. The highest BCUT2D eigenvalue weighted by Gasteiger charge is 2.29. The monoisotopic (exact) mass is 420 g/mol. The SMILES string of the molecule is CC(C)(C)OC(=O)N[C@@H]1CCCC[C@H]1CCN1CCC(Oc2ccc(F)cc2)CC1. The highest BCUT2D eigenvalue weighted by molar-refractivity contribution is 5.68. The van der Waals surface area contributed by atoms with E-state index in [4.69, 9.17) is 9.47 Å². The summed E-state index contributed by atoms with van der Waals surface area (Å²) in [5, 5.41) is 3.13. The van der Waals surface area contributed by atoms with Crippen molar-refractivity contribution in [3.8, 4) is 5.75 Å². The number of alkyl carbamates (subject to hydrolysis) is 1. The van der Waals surface area contributed by atoms with E-state index in [9.17, 15) is 9.18 Å². The summed E-state index contributed by atoms with van der Waals surface area (Å²) in [4.78, 5) is 14.7. The van der Waals surface area contributed by atoms with Gasteiger partial charge in [0.05, 0.1) is 0 Å². The topological polar surface area (TPSA) is 50.8 Å². The number of halogens is 1.